The lowest BCUT2D eigenvalue weighted by molar-refractivity contribution is 0.557. The number of anilines is 1. The summed E-state index contributed by atoms with van der Waals surface area (Å²) in [6, 6.07) is 15.0. The molecule has 1 N–H and O–H groups in total. The number of fused-ring (bicyclic) bond motifs is 1. The lowest BCUT2D eigenvalue weighted by Crippen LogP contribution is -2.14. The quantitative estimate of drug-likeness (QED) is 0.887. The number of nitrogens with zero attached hydrogens (tertiary/aromatic N) is 1. The highest BCUT2D eigenvalue weighted by molar-refractivity contribution is 9.10. The van der Waals surface area contributed by atoms with Crippen molar-refractivity contribution in [3.05, 3.63) is 40.9 Å². The Morgan fingerprint density at radius 3 is 2.63 bits per heavy atom. The van der Waals surface area contributed by atoms with Gasteiger partial charge in [0, 0.05) is 28.5 Å². The van der Waals surface area contributed by atoms with Crippen LogP contribution in [0.5, 0.6) is 0 Å². The third kappa shape index (κ3) is 2.74. The van der Waals surface area contributed by atoms with Gasteiger partial charge in [0.25, 0.3) is 0 Å². The standard InChI is InChI=1S/C16H15BrN2/c17-14-3-1-13-10-15(4-2-12(13)9-14)19-11-16(5-6-16)7-8-18/h1-4,9-10,19H,5-7,11H2. The Labute approximate surface area is 121 Å². The Morgan fingerprint density at radius 1 is 1.16 bits per heavy atom. The normalized spacial score (nSPS) is 16.0. The fourth-order valence-corrected chi connectivity index (χ4v) is 2.76. The summed E-state index contributed by atoms with van der Waals surface area (Å²) < 4.78 is 1.10. The van der Waals surface area contributed by atoms with Crippen LogP contribution < -0.4 is 5.32 Å². The maximum atomic E-state index is 8.82. The van der Waals surface area contributed by atoms with E-state index in [0.29, 0.717) is 6.42 Å². The van der Waals surface area contributed by atoms with Gasteiger partial charge in [-0.1, -0.05) is 28.1 Å². The minimum atomic E-state index is 0.240. The molecule has 1 aliphatic carbocycles. The van der Waals surface area contributed by atoms with Crippen LogP contribution in [0.1, 0.15) is 19.3 Å². The topological polar surface area (TPSA) is 35.8 Å². The molecule has 0 unspecified atom stereocenters. The van der Waals surface area contributed by atoms with E-state index < -0.39 is 0 Å². The van der Waals surface area contributed by atoms with Gasteiger partial charge in [-0.05, 0) is 47.9 Å². The molecule has 0 saturated heterocycles. The maximum absolute atomic E-state index is 8.82. The lowest BCUT2D eigenvalue weighted by atomic mass is 10.0. The minimum absolute atomic E-state index is 0.240. The molecule has 0 amide bonds. The molecule has 0 aromatic heterocycles. The first-order chi connectivity index (χ1) is 9.21. The molecule has 3 rings (SSSR count). The second-order valence-electron chi connectivity index (χ2n) is 5.39. The molecule has 2 nitrogen and oxygen atoms in total. The van der Waals surface area contributed by atoms with Crippen LogP contribution in [0.15, 0.2) is 40.9 Å². The molecule has 2 aromatic carbocycles. The second kappa shape index (κ2) is 4.86. The van der Waals surface area contributed by atoms with E-state index in [-0.39, 0.29) is 5.41 Å². The van der Waals surface area contributed by atoms with Crippen LogP contribution in [-0.4, -0.2) is 6.54 Å². The monoisotopic (exact) mass is 314 g/mol. The third-order valence-electron chi connectivity index (χ3n) is 3.88. The highest BCUT2D eigenvalue weighted by Crippen LogP contribution is 2.48. The summed E-state index contributed by atoms with van der Waals surface area (Å²) in [4.78, 5) is 0. The fraction of sp³-hybridized carbons (Fsp3) is 0.312. The Balaban J connectivity index is 1.75. The zero-order valence-electron chi connectivity index (χ0n) is 10.6. The van der Waals surface area contributed by atoms with Crippen LogP contribution in [0.3, 0.4) is 0 Å². The summed E-state index contributed by atoms with van der Waals surface area (Å²) in [6.45, 7) is 0.905. The van der Waals surface area contributed by atoms with Gasteiger partial charge in [-0.3, -0.25) is 0 Å². The molecule has 1 fully saturated rings. The third-order valence-corrected chi connectivity index (χ3v) is 4.37. The molecule has 0 atom stereocenters. The summed E-state index contributed by atoms with van der Waals surface area (Å²) in [5.41, 5.74) is 1.38. The van der Waals surface area contributed by atoms with Crippen LogP contribution in [-0.2, 0) is 0 Å². The van der Waals surface area contributed by atoms with Crippen LogP contribution >= 0.6 is 15.9 Å². The smallest absolute Gasteiger partial charge is 0.0628 e. The van der Waals surface area contributed by atoms with Crippen molar-refractivity contribution in [1.29, 1.82) is 5.26 Å². The number of rotatable bonds is 4. The molecular weight excluding hydrogens is 300 g/mol. The minimum Gasteiger partial charge on any atom is -0.384 e. The Kier molecular flexibility index (Phi) is 3.20. The molecule has 0 spiro atoms. The zero-order chi connectivity index (χ0) is 13.3. The van der Waals surface area contributed by atoms with Crippen LogP contribution in [0.4, 0.5) is 5.69 Å². The van der Waals surface area contributed by atoms with E-state index >= 15 is 0 Å². The zero-order valence-corrected chi connectivity index (χ0v) is 12.2. The highest BCUT2D eigenvalue weighted by atomic mass is 79.9. The molecule has 19 heavy (non-hydrogen) atoms. The number of halogens is 1. The molecule has 0 heterocycles. The molecule has 1 saturated carbocycles. The average molecular weight is 315 g/mol. The Morgan fingerprint density at radius 2 is 1.89 bits per heavy atom. The van der Waals surface area contributed by atoms with Gasteiger partial charge in [-0.25, -0.2) is 0 Å². The van der Waals surface area contributed by atoms with E-state index in [1.807, 2.05) is 0 Å². The van der Waals surface area contributed by atoms with Crippen molar-refractivity contribution in [1.82, 2.24) is 0 Å². The number of hydrogen-bond donors (Lipinski definition) is 1. The van der Waals surface area contributed by atoms with Gasteiger partial charge in [0.1, 0.15) is 0 Å². The van der Waals surface area contributed by atoms with E-state index in [9.17, 15) is 0 Å². The molecule has 3 heteroatoms. The molecule has 0 bridgehead atoms. The largest absolute Gasteiger partial charge is 0.384 e. The second-order valence-corrected chi connectivity index (χ2v) is 6.31. The van der Waals surface area contributed by atoms with Crippen molar-refractivity contribution in [2.75, 3.05) is 11.9 Å². The first kappa shape index (κ1) is 12.5. The van der Waals surface area contributed by atoms with Crippen LogP contribution in [0, 0.1) is 16.7 Å². The summed E-state index contributed by atoms with van der Waals surface area (Å²) in [7, 11) is 0. The Bertz CT molecular complexity index is 653. The van der Waals surface area contributed by atoms with Crippen molar-refractivity contribution in [3.63, 3.8) is 0 Å². The van der Waals surface area contributed by atoms with Gasteiger partial charge in [-0.15, -0.1) is 0 Å². The number of nitriles is 1. The van der Waals surface area contributed by atoms with E-state index in [4.69, 9.17) is 5.26 Å². The van der Waals surface area contributed by atoms with Gasteiger partial charge < -0.3 is 5.32 Å². The van der Waals surface area contributed by atoms with Gasteiger partial charge >= 0.3 is 0 Å². The number of benzene rings is 2. The van der Waals surface area contributed by atoms with E-state index in [2.05, 4.69) is 63.7 Å². The molecule has 2 aromatic rings. The molecule has 0 aliphatic heterocycles. The molecular formula is C16H15BrN2. The average Bonchev–Trinajstić information content (AvgIpc) is 3.17. The predicted molar refractivity (Wildman–Crippen MR) is 82.0 cm³/mol. The van der Waals surface area contributed by atoms with Crippen molar-refractivity contribution in [2.24, 2.45) is 5.41 Å². The van der Waals surface area contributed by atoms with Gasteiger partial charge in [0.05, 0.1) is 6.07 Å². The first-order valence-corrected chi connectivity index (χ1v) is 7.30. The SMILES string of the molecule is N#CCC1(CNc2ccc3cc(Br)ccc3c2)CC1. The highest BCUT2D eigenvalue weighted by Gasteiger charge is 2.42. The molecule has 0 radical (unpaired) electrons. The van der Waals surface area contributed by atoms with Crippen LogP contribution in [0.25, 0.3) is 10.8 Å². The van der Waals surface area contributed by atoms with Crippen molar-refractivity contribution in [2.45, 2.75) is 19.3 Å². The van der Waals surface area contributed by atoms with Crippen molar-refractivity contribution in [3.8, 4) is 6.07 Å². The number of hydrogen-bond acceptors (Lipinski definition) is 2. The van der Waals surface area contributed by atoms with Crippen LogP contribution in [0.2, 0.25) is 0 Å². The molecule has 1 aliphatic rings. The van der Waals surface area contributed by atoms with E-state index in [1.54, 1.807) is 0 Å². The Hall–Kier alpha value is -1.53. The fourth-order valence-electron chi connectivity index (χ4n) is 2.38. The van der Waals surface area contributed by atoms with Gasteiger partial charge in [0.2, 0.25) is 0 Å². The van der Waals surface area contributed by atoms with Gasteiger partial charge in [0.15, 0.2) is 0 Å². The summed E-state index contributed by atoms with van der Waals surface area (Å²) in [5.74, 6) is 0. The predicted octanol–water partition coefficient (Wildman–Crippen LogP) is 4.71. The van der Waals surface area contributed by atoms with Gasteiger partial charge in [-0.2, -0.15) is 5.26 Å². The summed E-state index contributed by atoms with van der Waals surface area (Å²) >= 11 is 3.49. The number of nitrogens with one attached hydrogen (secondary N) is 1. The first-order valence-electron chi connectivity index (χ1n) is 6.51. The van der Waals surface area contributed by atoms with E-state index in [0.717, 1.165) is 16.7 Å². The molecule has 96 valence electrons. The van der Waals surface area contributed by atoms with Crippen molar-refractivity contribution < 1.29 is 0 Å². The summed E-state index contributed by atoms with van der Waals surface area (Å²) in [6.07, 6.45) is 3.02. The lowest BCUT2D eigenvalue weighted by Gasteiger charge is -2.14. The maximum Gasteiger partial charge on any atom is 0.0628 e. The van der Waals surface area contributed by atoms with Crippen molar-refractivity contribution >= 4 is 32.4 Å². The van der Waals surface area contributed by atoms with E-state index in [1.165, 1.54) is 23.6 Å². The summed E-state index contributed by atoms with van der Waals surface area (Å²) in [5, 5.41) is 14.8.